The molecule has 3 N–H and O–H groups in total. The van der Waals surface area contributed by atoms with Gasteiger partial charge in [-0.2, -0.15) is 0 Å². The predicted molar refractivity (Wildman–Crippen MR) is 189 cm³/mol. The van der Waals surface area contributed by atoms with Crippen LogP contribution < -0.4 is 10.6 Å². The van der Waals surface area contributed by atoms with Crippen molar-refractivity contribution in [2.75, 3.05) is 36.8 Å². The molecule has 6 aromatic rings. The van der Waals surface area contributed by atoms with Crippen molar-refractivity contribution in [3.63, 3.8) is 0 Å². The van der Waals surface area contributed by atoms with E-state index in [1.54, 1.807) is 18.3 Å². The van der Waals surface area contributed by atoms with Gasteiger partial charge in [0, 0.05) is 48.8 Å². The van der Waals surface area contributed by atoms with E-state index >= 15 is 0 Å². The molecule has 0 aliphatic carbocycles. The second-order valence-electron chi connectivity index (χ2n) is 13.1. The van der Waals surface area contributed by atoms with Gasteiger partial charge in [-0.3, -0.25) is 14.3 Å². The highest BCUT2D eigenvalue weighted by molar-refractivity contribution is 5.84. The van der Waals surface area contributed by atoms with E-state index in [1.165, 1.54) is 5.56 Å². The Labute approximate surface area is 279 Å². The third-order valence-electron chi connectivity index (χ3n) is 10.1. The van der Waals surface area contributed by atoms with Gasteiger partial charge in [-0.1, -0.05) is 42.5 Å². The smallest absolute Gasteiger partial charge is 0.165 e. The van der Waals surface area contributed by atoms with Crippen molar-refractivity contribution < 1.29 is 9.90 Å². The van der Waals surface area contributed by atoms with Crippen LogP contribution in [-0.4, -0.2) is 62.0 Å². The summed E-state index contributed by atoms with van der Waals surface area (Å²) in [4.78, 5) is 30.4. The number of aldehydes is 1. The standard InChI is InChI=1S/C39H37N7O2/c40-36-32(7-4-19-41-36)37-43-34-15-14-33(28-5-2-1-3-6-28)42-38(34)46(37)30-11-8-27(9-12-30)24-44-20-16-39(17-21-44)18-22-45(26-39)31-13-10-29(25-47)35(48)23-31/h1-15,19,23,25,48H,16-18,20-22,24,26H2,(H2,40,41). The number of nitrogens with zero attached hydrogens (tertiary/aromatic N) is 6. The van der Waals surface area contributed by atoms with Crippen LogP contribution in [-0.2, 0) is 6.54 Å². The Balaban J connectivity index is 1.01. The van der Waals surface area contributed by atoms with Crippen LogP contribution in [0.4, 0.5) is 11.5 Å². The number of benzene rings is 3. The van der Waals surface area contributed by atoms with Crippen LogP contribution in [0.2, 0.25) is 0 Å². The molecule has 3 aromatic heterocycles. The number of hydrogen-bond acceptors (Lipinski definition) is 8. The molecular weight excluding hydrogens is 598 g/mol. The monoisotopic (exact) mass is 635 g/mol. The maximum absolute atomic E-state index is 11.1. The minimum Gasteiger partial charge on any atom is -0.507 e. The third kappa shape index (κ3) is 5.56. The van der Waals surface area contributed by atoms with Gasteiger partial charge in [-0.25, -0.2) is 15.0 Å². The molecule has 2 saturated heterocycles. The highest BCUT2D eigenvalue weighted by Gasteiger charge is 2.40. The number of aromatic nitrogens is 4. The lowest BCUT2D eigenvalue weighted by molar-refractivity contribution is 0.112. The molecule has 0 unspecified atom stereocenters. The zero-order valence-electron chi connectivity index (χ0n) is 26.7. The summed E-state index contributed by atoms with van der Waals surface area (Å²) in [5, 5.41) is 10.2. The lowest BCUT2D eigenvalue weighted by atomic mass is 9.77. The van der Waals surface area contributed by atoms with E-state index < -0.39 is 0 Å². The highest BCUT2D eigenvalue weighted by Crippen LogP contribution is 2.43. The van der Waals surface area contributed by atoms with Gasteiger partial charge in [-0.05, 0) is 91.9 Å². The number of anilines is 2. The molecule has 2 aliphatic rings. The van der Waals surface area contributed by atoms with Gasteiger partial charge in [-0.15, -0.1) is 0 Å². The van der Waals surface area contributed by atoms with E-state index in [-0.39, 0.29) is 11.2 Å². The van der Waals surface area contributed by atoms with E-state index in [0.717, 1.165) is 91.3 Å². The SMILES string of the molecule is Nc1ncccc1-c1nc2ccc(-c3ccccc3)nc2n1-c1ccc(CN2CCC3(CC2)CCN(c2ccc(C=O)c(O)c2)C3)cc1. The molecular formula is C39H37N7O2. The van der Waals surface area contributed by atoms with Crippen molar-refractivity contribution in [2.45, 2.75) is 25.8 Å². The molecule has 3 aromatic carbocycles. The number of hydrogen-bond donors (Lipinski definition) is 2. The molecule has 0 radical (unpaired) electrons. The first-order chi connectivity index (χ1) is 23.5. The molecule has 1 spiro atoms. The van der Waals surface area contributed by atoms with Gasteiger partial charge in [0.1, 0.15) is 17.1 Å². The molecule has 9 nitrogen and oxygen atoms in total. The average Bonchev–Trinajstić information content (AvgIpc) is 3.72. The number of piperidine rings is 1. The summed E-state index contributed by atoms with van der Waals surface area (Å²) >= 11 is 0. The Morgan fingerprint density at radius 1 is 0.833 bits per heavy atom. The summed E-state index contributed by atoms with van der Waals surface area (Å²) in [5.41, 5.74) is 14.5. The zero-order valence-corrected chi connectivity index (χ0v) is 26.7. The molecule has 2 aliphatic heterocycles. The fourth-order valence-electron chi connectivity index (χ4n) is 7.34. The zero-order chi connectivity index (χ0) is 32.7. The van der Waals surface area contributed by atoms with E-state index in [0.29, 0.717) is 23.5 Å². The number of rotatable bonds is 7. The van der Waals surface area contributed by atoms with E-state index in [9.17, 15) is 9.90 Å². The number of carbonyl (C=O) groups excluding carboxylic acids is 1. The van der Waals surface area contributed by atoms with Gasteiger partial charge < -0.3 is 15.7 Å². The molecule has 2 fully saturated rings. The predicted octanol–water partition coefficient (Wildman–Crippen LogP) is 6.74. The molecule has 0 saturated carbocycles. The van der Waals surface area contributed by atoms with Crippen molar-refractivity contribution in [2.24, 2.45) is 5.41 Å². The minimum absolute atomic E-state index is 0.0520. The average molecular weight is 636 g/mol. The van der Waals surface area contributed by atoms with Gasteiger partial charge in [0.25, 0.3) is 0 Å². The van der Waals surface area contributed by atoms with Crippen molar-refractivity contribution in [3.8, 4) is 34.1 Å². The van der Waals surface area contributed by atoms with Crippen LogP contribution in [0.5, 0.6) is 5.75 Å². The van der Waals surface area contributed by atoms with E-state index in [1.807, 2.05) is 48.5 Å². The molecule has 48 heavy (non-hydrogen) atoms. The second-order valence-corrected chi connectivity index (χ2v) is 13.1. The van der Waals surface area contributed by atoms with Gasteiger partial charge in [0.15, 0.2) is 17.8 Å². The van der Waals surface area contributed by atoms with Crippen molar-refractivity contribution in [1.29, 1.82) is 0 Å². The third-order valence-corrected chi connectivity index (χ3v) is 10.1. The Morgan fingerprint density at radius 3 is 2.35 bits per heavy atom. The molecule has 0 bridgehead atoms. The summed E-state index contributed by atoms with van der Waals surface area (Å²) < 4.78 is 2.08. The van der Waals surface area contributed by atoms with Crippen LogP contribution in [0.3, 0.4) is 0 Å². The molecule has 240 valence electrons. The van der Waals surface area contributed by atoms with Crippen molar-refractivity contribution in [1.82, 2.24) is 24.4 Å². The molecule has 9 heteroatoms. The van der Waals surface area contributed by atoms with Gasteiger partial charge >= 0.3 is 0 Å². The number of aromatic hydroxyl groups is 1. The summed E-state index contributed by atoms with van der Waals surface area (Å²) in [5.74, 6) is 1.19. The normalized spacial score (nSPS) is 16.1. The quantitative estimate of drug-likeness (QED) is 0.186. The Hall–Kier alpha value is -5.54. The summed E-state index contributed by atoms with van der Waals surface area (Å²) in [6.45, 7) is 4.95. The van der Waals surface area contributed by atoms with Crippen molar-refractivity contribution in [3.05, 3.63) is 114 Å². The first-order valence-corrected chi connectivity index (χ1v) is 16.5. The van der Waals surface area contributed by atoms with Crippen LogP contribution >= 0.6 is 0 Å². The fourth-order valence-corrected chi connectivity index (χ4v) is 7.34. The molecule has 5 heterocycles. The van der Waals surface area contributed by atoms with Gasteiger partial charge in [0.2, 0.25) is 0 Å². The van der Waals surface area contributed by atoms with Crippen LogP contribution in [0, 0.1) is 5.41 Å². The topological polar surface area (TPSA) is 113 Å². The minimum atomic E-state index is 0.0520. The Bertz CT molecular complexity index is 2100. The number of imidazole rings is 1. The number of pyridine rings is 2. The Kier molecular flexibility index (Phi) is 7.61. The van der Waals surface area contributed by atoms with Gasteiger partial charge in [0.05, 0.1) is 16.8 Å². The maximum atomic E-state index is 11.1. The second kappa shape index (κ2) is 12.2. The van der Waals surface area contributed by atoms with E-state index in [4.69, 9.17) is 15.7 Å². The number of phenolic OH excluding ortho intramolecular Hbond substituents is 1. The molecule has 0 atom stereocenters. The van der Waals surface area contributed by atoms with E-state index in [2.05, 4.69) is 55.7 Å². The lowest BCUT2D eigenvalue weighted by Crippen LogP contribution is -2.41. The number of nitrogen functional groups attached to an aromatic ring is 1. The van der Waals surface area contributed by atoms with Crippen LogP contribution in [0.15, 0.2) is 103 Å². The lowest BCUT2D eigenvalue weighted by Gasteiger charge is -2.39. The summed E-state index contributed by atoms with van der Waals surface area (Å²) in [6, 6.07) is 32.1. The number of fused-ring (bicyclic) bond motifs is 1. The summed E-state index contributed by atoms with van der Waals surface area (Å²) in [6.07, 6.45) is 5.83. The maximum Gasteiger partial charge on any atom is 0.165 e. The molecule has 0 amide bonds. The van der Waals surface area contributed by atoms with Crippen LogP contribution in [0.25, 0.3) is 39.5 Å². The largest absolute Gasteiger partial charge is 0.507 e. The number of likely N-dealkylation sites (tertiary alicyclic amines) is 1. The highest BCUT2D eigenvalue weighted by atomic mass is 16.3. The number of phenols is 1. The molecule has 8 rings (SSSR count). The van der Waals surface area contributed by atoms with Crippen molar-refractivity contribution >= 4 is 29.0 Å². The first-order valence-electron chi connectivity index (χ1n) is 16.5. The fraction of sp³-hybridized carbons (Fsp3) is 0.231. The Morgan fingerprint density at radius 2 is 1.60 bits per heavy atom. The first kappa shape index (κ1) is 29.8. The number of nitrogens with two attached hydrogens (primary N) is 1. The number of carbonyl (C=O) groups is 1. The summed E-state index contributed by atoms with van der Waals surface area (Å²) in [7, 11) is 0. The van der Waals surface area contributed by atoms with Crippen LogP contribution in [0.1, 0.15) is 35.2 Å².